The highest BCUT2D eigenvalue weighted by Gasteiger charge is 2.16. The second-order valence-corrected chi connectivity index (χ2v) is 4.36. The van der Waals surface area contributed by atoms with Crippen molar-refractivity contribution in [3.63, 3.8) is 0 Å². The summed E-state index contributed by atoms with van der Waals surface area (Å²) in [5.74, 6) is 2.16. The van der Waals surface area contributed by atoms with Crippen LogP contribution < -0.4 is 24.7 Å². The van der Waals surface area contributed by atoms with Gasteiger partial charge in [-0.2, -0.15) is 0 Å². The summed E-state index contributed by atoms with van der Waals surface area (Å²) >= 11 is 0. The zero-order chi connectivity index (χ0) is 17.5. The first-order valence-electron chi connectivity index (χ1n) is 6.79. The van der Waals surface area contributed by atoms with Crippen LogP contribution in [-0.2, 0) is 4.84 Å². The van der Waals surface area contributed by atoms with Crippen LogP contribution in [0.2, 0.25) is 0 Å². The quantitative estimate of drug-likeness (QED) is 0.603. The SMILES string of the molecule is CON=Cc1c(N)ncnc1Oc1cc(OC)c(OC)c(OC)c1. The van der Waals surface area contributed by atoms with Crippen molar-refractivity contribution in [2.24, 2.45) is 5.16 Å². The number of nitrogen functional groups attached to an aromatic ring is 1. The number of methoxy groups -OCH3 is 3. The highest BCUT2D eigenvalue weighted by molar-refractivity contribution is 5.88. The summed E-state index contributed by atoms with van der Waals surface area (Å²) in [6.07, 6.45) is 2.65. The molecule has 0 atom stereocenters. The molecule has 0 unspecified atom stereocenters. The van der Waals surface area contributed by atoms with Gasteiger partial charge in [0.25, 0.3) is 0 Å². The largest absolute Gasteiger partial charge is 0.493 e. The van der Waals surface area contributed by atoms with E-state index >= 15 is 0 Å². The van der Waals surface area contributed by atoms with Gasteiger partial charge in [-0.15, -0.1) is 0 Å². The Morgan fingerprint density at radius 1 is 1.00 bits per heavy atom. The Labute approximate surface area is 139 Å². The Kier molecular flexibility index (Phi) is 5.61. The van der Waals surface area contributed by atoms with E-state index in [0.29, 0.717) is 28.6 Å². The van der Waals surface area contributed by atoms with Gasteiger partial charge in [0.15, 0.2) is 11.5 Å². The molecule has 2 N–H and O–H groups in total. The van der Waals surface area contributed by atoms with Gasteiger partial charge >= 0.3 is 0 Å². The Balaban J connectivity index is 2.45. The summed E-state index contributed by atoms with van der Waals surface area (Å²) in [5, 5.41) is 3.67. The molecule has 1 aromatic carbocycles. The first kappa shape index (κ1) is 17.1. The number of ether oxygens (including phenoxy) is 4. The molecular formula is C15H18N4O5. The fourth-order valence-corrected chi connectivity index (χ4v) is 1.93. The fraction of sp³-hybridized carbons (Fsp3) is 0.267. The third-order valence-electron chi connectivity index (χ3n) is 3.02. The van der Waals surface area contributed by atoms with Crippen molar-refractivity contribution >= 4 is 12.0 Å². The molecule has 9 heteroatoms. The van der Waals surface area contributed by atoms with Crippen LogP contribution in [0.1, 0.15) is 5.56 Å². The van der Waals surface area contributed by atoms with Crippen LogP contribution >= 0.6 is 0 Å². The Hall–Kier alpha value is -3.23. The van der Waals surface area contributed by atoms with Crippen molar-refractivity contribution in [3.8, 4) is 28.9 Å². The molecule has 128 valence electrons. The van der Waals surface area contributed by atoms with E-state index < -0.39 is 0 Å². The maximum absolute atomic E-state index is 5.83. The maximum Gasteiger partial charge on any atom is 0.233 e. The lowest BCUT2D eigenvalue weighted by molar-refractivity contribution is 0.215. The van der Waals surface area contributed by atoms with Crippen LogP contribution in [-0.4, -0.2) is 44.6 Å². The van der Waals surface area contributed by atoms with E-state index in [-0.39, 0.29) is 11.7 Å². The molecule has 0 bridgehead atoms. The molecule has 1 heterocycles. The number of oxime groups is 1. The van der Waals surface area contributed by atoms with E-state index in [1.165, 1.54) is 41.0 Å². The van der Waals surface area contributed by atoms with E-state index in [1.807, 2.05) is 0 Å². The Morgan fingerprint density at radius 3 is 2.21 bits per heavy atom. The molecule has 9 nitrogen and oxygen atoms in total. The molecule has 24 heavy (non-hydrogen) atoms. The highest BCUT2D eigenvalue weighted by atomic mass is 16.6. The molecule has 0 saturated carbocycles. The van der Waals surface area contributed by atoms with E-state index in [2.05, 4.69) is 20.0 Å². The standard InChI is InChI=1S/C15H18N4O5/c1-20-11-5-9(6-12(21-2)13(11)22-3)24-15-10(7-19-23-4)14(16)17-8-18-15/h5-8H,1-4H3,(H2,16,17,18). The third-order valence-corrected chi connectivity index (χ3v) is 3.02. The molecule has 0 aliphatic heterocycles. The molecule has 0 aliphatic rings. The van der Waals surface area contributed by atoms with Crippen LogP contribution in [0, 0.1) is 0 Å². The molecule has 0 amide bonds. The summed E-state index contributed by atoms with van der Waals surface area (Å²) in [5.41, 5.74) is 6.21. The normalized spacial score (nSPS) is 10.5. The zero-order valence-corrected chi connectivity index (χ0v) is 13.8. The first-order valence-corrected chi connectivity index (χ1v) is 6.79. The van der Waals surface area contributed by atoms with Crippen molar-refractivity contribution < 1.29 is 23.8 Å². The van der Waals surface area contributed by atoms with Gasteiger partial charge in [-0.3, -0.25) is 0 Å². The van der Waals surface area contributed by atoms with E-state index in [4.69, 9.17) is 24.7 Å². The third kappa shape index (κ3) is 3.57. The molecular weight excluding hydrogens is 316 g/mol. The van der Waals surface area contributed by atoms with Crippen molar-refractivity contribution in [2.75, 3.05) is 34.2 Å². The average molecular weight is 334 g/mol. The number of rotatable bonds is 7. The summed E-state index contributed by atoms with van der Waals surface area (Å²) < 4.78 is 21.6. The van der Waals surface area contributed by atoms with Crippen molar-refractivity contribution in [2.45, 2.75) is 0 Å². The van der Waals surface area contributed by atoms with Gasteiger partial charge in [0.2, 0.25) is 11.6 Å². The van der Waals surface area contributed by atoms with E-state index in [1.54, 1.807) is 12.1 Å². The van der Waals surface area contributed by atoms with Crippen molar-refractivity contribution in [1.82, 2.24) is 9.97 Å². The van der Waals surface area contributed by atoms with Gasteiger partial charge in [-0.1, -0.05) is 5.16 Å². The van der Waals surface area contributed by atoms with Crippen LogP contribution in [0.15, 0.2) is 23.6 Å². The van der Waals surface area contributed by atoms with Gasteiger partial charge in [0.05, 0.1) is 27.5 Å². The fourth-order valence-electron chi connectivity index (χ4n) is 1.93. The van der Waals surface area contributed by atoms with E-state index in [0.717, 1.165) is 0 Å². The number of anilines is 1. The van der Waals surface area contributed by atoms with Gasteiger partial charge in [-0.25, -0.2) is 9.97 Å². The number of hydrogen-bond acceptors (Lipinski definition) is 9. The lowest BCUT2D eigenvalue weighted by Crippen LogP contribution is -2.03. The molecule has 2 aromatic rings. The minimum absolute atomic E-state index is 0.202. The molecule has 0 fully saturated rings. The van der Waals surface area contributed by atoms with Gasteiger partial charge in [-0.05, 0) is 0 Å². The maximum atomic E-state index is 5.83. The summed E-state index contributed by atoms with van der Waals surface area (Å²) in [6, 6.07) is 3.27. The van der Waals surface area contributed by atoms with Crippen LogP contribution in [0.5, 0.6) is 28.9 Å². The van der Waals surface area contributed by atoms with E-state index in [9.17, 15) is 0 Å². The average Bonchev–Trinajstić information content (AvgIpc) is 2.60. The molecule has 0 radical (unpaired) electrons. The monoisotopic (exact) mass is 334 g/mol. The lowest BCUT2D eigenvalue weighted by Gasteiger charge is -2.15. The number of nitrogens with zero attached hydrogens (tertiary/aromatic N) is 3. The summed E-state index contributed by atoms with van der Waals surface area (Å²) in [4.78, 5) is 12.6. The number of aromatic nitrogens is 2. The highest BCUT2D eigenvalue weighted by Crippen LogP contribution is 2.42. The Bertz CT molecular complexity index is 711. The smallest absolute Gasteiger partial charge is 0.233 e. The second-order valence-electron chi connectivity index (χ2n) is 4.36. The molecule has 0 aliphatic carbocycles. The lowest BCUT2D eigenvalue weighted by atomic mass is 10.2. The summed E-state index contributed by atoms with van der Waals surface area (Å²) in [7, 11) is 5.96. The Morgan fingerprint density at radius 2 is 1.67 bits per heavy atom. The first-order chi connectivity index (χ1) is 11.6. The van der Waals surface area contributed by atoms with Crippen molar-refractivity contribution in [3.05, 3.63) is 24.0 Å². The molecule has 0 spiro atoms. The number of nitrogens with two attached hydrogens (primary N) is 1. The van der Waals surface area contributed by atoms with Gasteiger partial charge < -0.3 is 29.5 Å². The molecule has 2 rings (SSSR count). The minimum Gasteiger partial charge on any atom is -0.493 e. The van der Waals surface area contributed by atoms with Crippen LogP contribution in [0.3, 0.4) is 0 Å². The van der Waals surface area contributed by atoms with Crippen LogP contribution in [0.4, 0.5) is 5.82 Å². The zero-order valence-electron chi connectivity index (χ0n) is 13.8. The van der Waals surface area contributed by atoms with Crippen molar-refractivity contribution in [1.29, 1.82) is 0 Å². The topological polar surface area (TPSA) is 110 Å². The predicted octanol–water partition coefficient (Wildman–Crippen LogP) is 1.86. The minimum atomic E-state index is 0.202. The number of hydrogen-bond donors (Lipinski definition) is 1. The molecule has 1 aromatic heterocycles. The van der Waals surface area contributed by atoms with Crippen LogP contribution in [0.25, 0.3) is 0 Å². The number of benzene rings is 1. The van der Waals surface area contributed by atoms with Gasteiger partial charge in [0, 0.05) is 12.1 Å². The summed E-state index contributed by atoms with van der Waals surface area (Å²) in [6.45, 7) is 0. The predicted molar refractivity (Wildman–Crippen MR) is 87.2 cm³/mol. The molecule has 0 saturated heterocycles. The second kappa shape index (κ2) is 7.86. The van der Waals surface area contributed by atoms with Gasteiger partial charge in [0.1, 0.15) is 30.6 Å².